The zero-order valence-corrected chi connectivity index (χ0v) is 14.6. The van der Waals surface area contributed by atoms with Gasteiger partial charge in [-0.1, -0.05) is 13.0 Å². The lowest BCUT2D eigenvalue weighted by Gasteiger charge is -2.35. The molecular weight excluding hydrogens is 284 g/mol. The van der Waals surface area contributed by atoms with E-state index in [4.69, 9.17) is 4.74 Å². The van der Waals surface area contributed by atoms with Crippen molar-refractivity contribution in [1.82, 2.24) is 10.2 Å². The van der Waals surface area contributed by atoms with Gasteiger partial charge in [0, 0.05) is 12.6 Å². The Morgan fingerprint density at radius 3 is 2.78 bits per heavy atom. The second-order valence-electron chi connectivity index (χ2n) is 7.68. The van der Waals surface area contributed by atoms with Crippen LogP contribution in [0.2, 0.25) is 0 Å². The summed E-state index contributed by atoms with van der Waals surface area (Å²) in [5, 5.41) is 3.53. The van der Waals surface area contributed by atoms with Gasteiger partial charge < -0.3 is 10.1 Å². The third-order valence-electron chi connectivity index (χ3n) is 6.36. The van der Waals surface area contributed by atoms with E-state index in [0.29, 0.717) is 0 Å². The molecule has 1 N–H and O–H groups in total. The number of fused-ring (bicyclic) bond motifs is 2. The monoisotopic (exact) mass is 314 g/mol. The smallest absolute Gasteiger partial charge is 0.119 e. The molecule has 1 saturated heterocycles. The molecule has 1 heterocycles. The Morgan fingerprint density at radius 2 is 2.04 bits per heavy atom. The van der Waals surface area contributed by atoms with Crippen LogP contribution >= 0.6 is 0 Å². The largest absolute Gasteiger partial charge is 0.497 e. The summed E-state index contributed by atoms with van der Waals surface area (Å²) in [5.74, 6) is 3.93. The van der Waals surface area contributed by atoms with Crippen molar-refractivity contribution >= 4 is 0 Å². The number of rotatable bonds is 6. The molecule has 126 valence electrons. The molecule has 0 radical (unpaired) electrons. The molecule has 0 aromatic heterocycles. The molecule has 4 atom stereocenters. The summed E-state index contributed by atoms with van der Waals surface area (Å²) in [6, 6.07) is 7.37. The summed E-state index contributed by atoms with van der Waals surface area (Å²) in [6.45, 7) is 7.43. The first-order chi connectivity index (χ1) is 11.3. The first-order valence-electron chi connectivity index (χ1n) is 9.40. The Kier molecular flexibility index (Phi) is 4.33. The summed E-state index contributed by atoms with van der Waals surface area (Å²) >= 11 is 0. The molecule has 3 aliphatic rings. The molecule has 4 rings (SSSR count). The molecule has 2 aliphatic carbocycles. The van der Waals surface area contributed by atoms with Crippen LogP contribution in [0.1, 0.15) is 30.9 Å². The predicted octanol–water partition coefficient (Wildman–Crippen LogP) is 2.73. The summed E-state index contributed by atoms with van der Waals surface area (Å²) in [7, 11) is 1.77. The average molecular weight is 314 g/mol. The molecule has 3 heteroatoms. The molecule has 1 aliphatic heterocycles. The van der Waals surface area contributed by atoms with E-state index in [2.05, 4.69) is 35.3 Å². The van der Waals surface area contributed by atoms with Crippen LogP contribution < -0.4 is 10.1 Å². The van der Waals surface area contributed by atoms with Gasteiger partial charge in [-0.3, -0.25) is 4.90 Å². The number of aryl methyl sites for hydroxylation is 1. The SMILES string of the molecule is CCCN(C[C@H]1C2CNC[C@@H]21)C1CCc2ccc(OC)cc2C1. The first-order valence-corrected chi connectivity index (χ1v) is 9.40. The number of methoxy groups -OCH3 is 1. The fourth-order valence-electron chi connectivity index (χ4n) is 4.95. The van der Waals surface area contributed by atoms with Crippen molar-refractivity contribution in [2.75, 3.05) is 33.3 Å². The maximum atomic E-state index is 5.43. The van der Waals surface area contributed by atoms with Gasteiger partial charge >= 0.3 is 0 Å². The van der Waals surface area contributed by atoms with E-state index in [1.165, 1.54) is 63.0 Å². The van der Waals surface area contributed by atoms with Crippen LogP contribution in [0.25, 0.3) is 0 Å². The second kappa shape index (κ2) is 6.45. The Balaban J connectivity index is 1.44. The van der Waals surface area contributed by atoms with Crippen LogP contribution in [-0.2, 0) is 12.8 Å². The zero-order chi connectivity index (χ0) is 15.8. The maximum absolute atomic E-state index is 5.43. The molecule has 23 heavy (non-hydrogen) atoms. The zero-order valence-electron chi connectivity index (χ0n) is 14.6. The fourth-order valence-corrected chi connectivity index (χ4v) is 4.95. The molecule has 2 fully saturated rings. The van der Waals surface area contributed by atoms with Crippen molar-refractivity contribution in [3.63, 3.8) is 0 Å². The van der Waals surface area contributed by atoms with E-state index in [0.717, 1.165) is 29.5 Å². The van der Waals surface area contributed by atoms with Crippen LogP contribution in [-0.4, -0.2) is 44.2 Å². The fraction of sp³-hybridized carbons (Fsp3) is 0.700. The van der Waals surface area contributed by atoms with Crippen LogP contribution in [0.15, 0.2) is 18.2 Å². The molecular formula is C20H30N2O. The quantitative estimate of drug-likeness (QED) is 0.874. The standard InChI is InChI=1S/C20H30N2O/c1-3-8-22(13-20-18-11-21-12-19(18)20)16-6-4-14-5-7-17(23-2)10-15(14)9-16/h5,7,10,16,18-21H,3-4,6,8-9,11-13H2,1-2H3/t16?,18-,19?,20+/m0/s1. The van der Waals surface area contributed by atoms with Gasteiger partial charge in [-0.2, -0.15) is 0 Å². The number of ether oxygens (including phenoxy) is 1. The van der Waals surface area contributed by atoms with Crippen molar-refractivity contribution < 1.29 is 4.74 Å². The molecule has 0 amide bonds. The van der Waals surface area contributed by atoms with Gasteiger partial charge in [0.05, 0.1) is 7.11 Å². The van der Waals surface area contributed by atoms with E-state index in [1.807, 2.05) is 0 Å². The van der Waals surface area contributed by atoms with Crippen LogP contribution in [0.3, 0.4) is 0 Å². The van der Waals surface area contributed by atoms with Crippen molar-refractivity contribution in [1.29, 1.82) is 0 Å². The number of benzene rings is 1. The highest BCUT2D eigenvalue weighted by Crippen LogP contribution is 2.49. The number of hydrogen-bond donors (Lipinski definition) is 1. The molecule has 1 aromatic rings. The van der Waals surface area contributed by atoms with Gasteiger partial charge in [-0.25, -0.2) is 0 Å². The predicted molar refractivity (Wildman–Crippen MR) is 94.0 cm³/mol. The van der Waals surface area contributed by atoms with E-state index in [9.17, 15) is 0 Å². The van der Waals surface area contributed by atoms with Gasteiger partial charge in [-0.15, -0.1) is 0 Å². The van der Waals surface area contributed by atoms with Crippen LogP contribution in [0, 0.1) is 17.8 Å². The summed E-state index contributed by atoms with van der Waals surface area (Å²) in [5.41, 5.74) is 3.05. The van der Waals surface area contributed by atoms with E-state index in [1.54, 1.807) is 7.11 Å². The minimum atomic E-state index is 0.726. The van der Waals surface area contributed by atoms with E-state index in [-0.39, 0.29) is 0 Å². The molecule has 3 nitrogen and oxygen atoms in total. The molecule has 2 unspecified atom stereocenters. The van der Waals surface area contributed by atoms with E-state index >= 15 is 0 Å². The topological polar surface area (TPSA) is 24.5 Å². The third-order valence-corrected chi connectivity index (χ3v) is 6.36. The minimum absolute atomic E-state index is 0.726. The van der Waals surface area contributed by atoms with Crippen LogP contribution in [0.5, 0.6) is 5.75 Å². The Bertz CT molecular complexity index is 549. The summed E-state index contributed by atoms with van der Waals surface area (Å²) in [6.07, 6.45) is 5.01. The van der Waals surface area contributed by atoms with Gasteiger partial charge in [0.25, 0.3) is 0 Å². The van der Waals surface area contributed by atoms with Gasteiger partial charge in [0.15, 0.2) is 0 Å². The van der Waals surface area contributed by atoms with Gasteiger partial charge in [-0.05, 0) is 86.3 Å². The van der Waals surface area contributed by atoms with Gasteiger partial charge in [0.2, 0.25) is 0 Å². The molecule has 0 spiro atoms. The van der Waals surface area contributed by atoms with Crippen molar-refractivity contribution in [3.8, 4) is 5.75 Å². The lowest BCUT2D eigenvalue weighted by Crippen LogP contribution is -2.42. The Labute approximate surface area is 140 Å². The highest BCUT2D eigenvalue weighted by molar-refractivity contribution is 5.38. The normalized spacial score (nSPS) is 31.8. The van der Waals surface area contributed by atoms with Gasteiger partial charge in [0.1, 0.15) is 5.75 Å². The average Bonchev–Trinajstić information content (AvgIpc) is 3.01. The summed E-state index contributed by atoms with van der Waals surface area (Å²) < 4.78 is 5.43. The Morgan fingerprint density at radius 1 is 1.22 bits per heavy atom. The first kappa shape index (κ1) is 15.5. The van der Waals surface area contributed by atoms with Crippen molar-refractivity contribution in [3.05, 3.63) is 29.3 Å². The highest BCUT2D eigenvalue weighted by Gasteiger charge is 2.53. The lowest BCUT2D eigenvalue weighted by atomic mass is 9.87. The number of hydrogen-bond acceptors (Lipinski definition) is 3. The summed E-state index contributed by atoms with van der Waals surface area (Å²) in [4.78, 5) is 2.81. The number of piperidine rings is 1. The maximum Gasteiger partial charge on any atom is 0.119 e. The number of nitrogens with zero attached hydrogens (tertiary/aromatic N) is 1. The molecule has 1 saturated carbocycles. The lowest BCUT2D eigenvalue weighted by molar-refractivity contribution is 0.165. The van der Waals surface area contributed by atoms with Crippen molar-refractivity contribution in [2.24, 2.45) is 17.8 Å². The molecule has 0 bridgehead atoms. The highest BCUT2D eigenvalue weighted by atomic mass is 16.5. The Hall–Kier alpha value is -1.06. The van der Waals surface area contributed by atoms with E-state index < -0.39 is 0 Å². The number of nitrogens with one attached hydrogen (secondary N) is 1. The molecule has 1 aromatic carbocycles. The van der Waals surface area contributed by atoms with Crippen molar-refractivity contribution in [2.45, 2.75) is 38.6 Å². The van der Waals surface area contributed by atoms with Crippen LogP contribution in [0.4, 0.5) is 0 Å². The second-order valence-corrected chi connectivity index (χ2v) is 7.68. The minimum Gasteiger partial charge on any atom is -0.497 e. The third kappa shape index (κ3) is 3.01.